The number of H-pyrrole nitrogens is 2. The topological polar surface area (TPSA) is 108 Å². The fourth-order valence-corrected chi connectivity index (χ4v) is 3.39. The van der Waals surface area contributed by atoms with Gasteiger partial charge < -0.3 is 0 Å². The van der Waals surface area contributed by atoms with Crippen LogP contribution in [0.15, 0.2) is 52.2 Å². The van der Waals surface area contributed by atoms with Crippen LogP contribution in [0.25, 0.3) is 11.4 Å². The predicted octanol–water partition coefficient (Wildman–Crippen LogP) is 2.72. The summed E-state index contributed by atoms with van der Waals surface area (Å²) >= 11 is 0. The Morgan fingerprint density at radius 3 is 2.37 bits per heavy atom. The molecule has 0 amide bonds. The van der Waals surface area contributed by atoms with Gasteiger partial charge >= 0.3 is 11.9 Å². The van der Waals surface area contributed by atoms with Crippen LogP contribution in [0.1, 0.15) is 5.56 Å². The number of halogens is 4. The lowest BCUT2D eigenvalue weighted by atomic mass is 10.1. The van der Waals surface area contributed by atoms with Crippen LogP contribution in [0, 0.1) is 5.82 Å². The minimum absolute atomic E-state index is 0.200. The zero-order chi connectivity index (χ0) is 19.8. The largest absolute Gasteiger partial charge is 0.416 e. The molecule has 3 rings (SSSR count). The normalized spacial score (nSPS) is 12.1. The maximum atomic E-state index is 13.8. The number of anilines is 1. The van der Waals surface area contributed by atoms with E-state index in [0.29, 0.717) is 12.1 Å². The molecule has 0 spiro atoms. The lowest BCUT2D eigenvalue weighted by Crippen LogP contribution is -2.15. The third-order valence-electron chi connectivity index (χ3n) is 3.41. The van der Waals surface area contributed by atoms with Gasteiger partial charge in [-0.3, -0.25) is 9.71 Å². The molecular formula is C15H10F4N4O3S. The van der Waals surface area contributed by atoms with Crippen molar-refractivity contribution in [2.45, 2.75) is 11.1 Å². The Balaban J connectivity index is 2.10. The molecule has 1 heterocycles. The van der Waals surface area contributed by atoms with Crippen LogP contribution >= 0.6 is 0 Å². The standard InChI is InChI=1S/C15H10F4N4O3S/c16-11-3-1-2-4-12(11)27(25,26)23-10-6-8(13-20-14(24)22-21-13)5-9(7-10)15(17,18)19/h1-7,23H,(H2,20,21,22,24). The van der Waals surface area contributed by atoms with Gasteiger partial charge in [0.05, 0.1) is 11.3 Å². The van der Waals surface area contributed by atoms with Crippen molar-refractivity contribution in [2.75, 3.05) is 4.72 Å². The molecule has 12 heteroatoms. The first-order chi connectivity index (χ1) is 12.6. The van der Waals surface area contributed by atoms with Crippen LogP contribution in [-0.2, 0) is 16.2 Å². The molecule has 2 aromatic carbocycles. The van der Waals surface area contributed by atoms with E-state index in [0.717, 1.165) is 18.2 Å². The molecule has 0 saturated heterocycles. The van der Waals surface area contributed by atoms with Crippen molar-refractivity contribution >= 4 is 15.7 Å². The van der Waals surface area contributed by atoms with Crippen LogP contribution in [0.2, 0.25) is 0 Å². The van der Waals surface area contributed by atoms with Gasteiger partial charge in [-0.1, -0.05) is 12.1 Å². The van der Waals surface area contributed by atoms with Gasteiger partial charge in [0, 0.05) is 5.56 Å². The number of rotatable bonds is 4. The number of nitrogens with zero attached hydrogens (tertiary/aromatic N) is 1. The van der Waals surface area contributed by atoms with Crippen LogP contribution in [0.5, 0.6) is 0 Å². The van der Waals surface area contributed by atoms with Crippen LogP contribution in [0.3, 0.4) is 0 Å². The molecule has 0 aliphatic carbocycles. The van der Waals surface area contributed by atoms with Crippen molar-refractivity contribution < 1.29 is 26.0 Å². The number of aromatic nitrogens is 3. The molecule has 1 aromatic heterocycles. The van der Waals surface area contributed by atoms with Gasteiger partial charge in [-0.05, 0) is 30.3 Å². The van der Waals surface area contributed by atoms with E-state index >= 15 is 0 Å². The molecular weight excluding hydrogens is 392 g/mol. The van der Waals surface area contributed by atoms with Crippen molar-refractivity contribution in [1.29, 1.82) is 0 Å². The molecule has 142 valence electrons. The first-order valence-electron chi connectivity index (χ1n) is 7.21. The first kappa shape index (κ1) is 18.6. The third kappa shape index (κ3) is 4.00. The van der Waals surface area contributed by atoms with Gasteiger partial charge in [0.2, 0.25) is 0 Å². The fraction of sp³-hybridized carbons (Fsp3) is 0.0667. The average molecular weight is 402 g/mol. The Morgan fingerprint density at radius 2 is 1.78 bits per heavy atom. The summed E-state index contributed by atoms with van der Waals surface area (Å²) in [6.07, 6.45) is -4.80. The van der Waals surface area contributed by atoms with Crippen molar-refractivity contribution in [3.8, 4) is 11.4 Å². The average Bonchev–Trinajstić information content (AvgIpc) is 3.00. The zero-order valence-electron chi connectivity index (χ0n) is 13.1. The maximum absolute atomic E-state index is 13.8. The van der Waals surface area contributed by atoms with E-state index in [1.807, 2.05) is 9.82 Å². The fourth-order valence-electron chi connectivity index (χ4n) is 2.27. The van der Waals surface area contributed by atoms with Gasteiger partial charge in [0.15, 0.2) is 5.82 Å². The lowest BCUT2D eigenvalue weighted by molar-refractivity contribution is -0.137. The minimum atomic E-state index is -4.80. The van der Waals surface area contributed by atoms with Crippen LogP contribution in [0.4, 0.5) is 23.2 Å². The zero-order valence-corrected chi connectivity index (χ0v) is 14.0. The second-order valence-electron chi connectivity index (χ2n) is 5.36. The Bertz CT molecular complexity index is 1150. The molecule has 7 nitrogen and oxygen atoms in total. The Kier molecular flexibility index (Phi) is 4.51. The summed E-state index contributed by atoms with van der Waals surface area (Å²) in [5.41, 5.74) is -2.62. The molecule has 0 atom stereocenters. The van der Waals surface area contributed by atoms with Crippen molar-refractivity contribution in [2.24, 2.45) is 0 Å². The first-order valence-corrected chi connectivity index (χ1v) is 8.69. The monoisotopic (exact) mass is 402 g/mol. The van der Waals surface area contributed by atoms with E-state index < -0.39 is 43.9 Å². The molecule has 3 N–H and O–H groups in total. The van der Waals surface area contributed by atoms with Crippen LogP contribution < -0.4 is 10.4 Å². The highest BCUT2D eigenvalue weighted by atomic mass is 32.2. The molecule has 0 aliphatic rings. The number of hydrogen-bond acceptors (Lipinski definition) is 4. The lowest BCUT2D eigenvalue weighted by Gasteiger charge is -2.13. The summed E-state index contributed by atoms with van der Waals surface area (Å²) in [4.78, 5) is 12.6. The van der Waals surface area contributed by atoms with Gasteiger partial charge in [-0.15, -0.1) is 0 Å². The van der Waals surface area contributed by atoms with Gasteiger partial charge in [0.25, 0.3) is 10.0 Å². The van der Waals surface area contributed by atoms with Crippen molar-refractivity contribution in [3.63, 3.8) is 0 Å². The summed E-state index contributed by atoms with van der Waals surface area (Å²) < 4.78 is 79.8. The summed E-state index contributed by atoms with van der Waals surface area (Å²) in [5.74, 6) is -1.29. The maximum Gasteiger partial charge on any atom is 0.416 e. The molecule has 0 aliphatic heterocycles. The highest BCUT2D eigenvalue weighted by molar-refractivity contribution is 7.92. The second-order valence-corrected chi connectivity index (χ2v) is 7.01. The van der Waals surface area contributed by atoms with E-state index in [-0.39, 0.29) is 11.4 Å². The molecule has 0 fully saturated rings. The van der Waals surface area contributed by atoms with E-state index in [1.165, 1.54) is 12.1 Å². The number of hydrogen-bond donors (Lipinski definition) is 3. The SMILES string of the molecule is O=c1[nH]nc(-c2cc(NS(=O)(=O)c3ccccc3F)cc(C(F)(F)F)c2)[nH]1. The van der Waals surface area contributed by atoms with Crippen molar-refractivity contribution in [1.82, 2.24) is 15.2 Å². The predicted molar refractivity (Wildman–Crippen MR) is 86.9 cm³/mol. The molecule has 0 bridgehead atoms. The molecule has 0 unspecified atom stereocenters. The molecule has 0 saturated carbocycles. The Labute approximate surface area is 149 Å². The van der Waals surface area contributed by atoms with E-state index in [1.54, 1.807) is 0 Å². The Morgan fingerprint density at radius 1 is 1.07 bits per heavy atom. The summed E-state index contributed by atoms with van der Waals surface area (Å²) in [6, 6.07) is 6.67. The molecule has 27 heavy (non-hydrogen) atoms. The number of nitrogens with one attached hydrogen (secondary N) is 3. The third-order valence-corrected chi connectivity index (χ3v) is 4.83. The minimum Gasteiger partial charge on any atom is -0.289 e. The summed E-state index contributed by atoms with van der Waals surface area (Å²) in [7, 11) is -4.49. The summed E-state index contributed by atoms with van der Waals surface area (Å²) in [5, 5.41) is 5.52. The van der Waals surface area contributed by atoms with Crippen molar-refractivity contribution in [3.05, 3.63) is 64.3 Å². The van der Waals surface area contributed by atoms with Crippen LogP contribution in [-0.4, -0.2) is 23.6 Å². The van der Waals surface area contributed by atoms with E-state index in [2.05, 4.69) is 10.1 Å². The van der Waals surface area contributed by atoms with E-state index in [4.69, 9.17) is 0 Å². The van der Waals surface area contributed by atoms with E-state index in [9.17, 15) is 30.8 Å². The highest BCUT2D eigenvalue weighted by Gasteiger charge is 2.32. The number of aromatic amines is 2. The van der Waals surface area contributed by atoms with Gasteiger partial charge in [0.1, 0.15) is 10.7 Å². The highest BCUT2D eigenvalue weighted by Crippen LogP contribution is 2.34. The molecule has 0 radical (unpaired) electrons. The number of sulfonamides is 1. The second kappa shape index (κ2) is 6.54. The van der Waals surface area contributed by atoms with Gasteiger partial charge in [-0.25, -0.2) is 22.7 Å². The smallest absolute Gasteiger partial charge is 0.289 e. The number of benzene rings is 2. The summed E-state index contributed by atoms with van der Waals surface area (Å²) in [6.45, 7) is 0. The van der Waals surface area contributed by atoms with Gasteiger partial charge in [-0.2, -0.15) is 18.3 Å². The number of alkyl halides is 3. The quantitative estimate of drug-likeness (QED) is 0.583. The molecule has 3 aromatic rings. The Hall–Kier alpha value is -3.15.